The first kappa shape index (κ1) is 18.2. The van der Waals surface area contributed by atoms with E-state index < -0.39 is 0 Å². The van der Waals surface area contributed by atoms with Crippen LogP contribution in [0.15, 0.2) is 64.2 Å². The molecule has 0 saturated heterocycles. The molecule has 3 aromatic rings. The topological polar surface area (TPSA) is 53.7 Å². The molecule has 1 aliphatic heterocycles. The molecule has 0 bridgehead atoms. The molecule has 0 unspecified atom stereocenters. The number of aliphatic imine (C=N–C) groups is 1. The SMILES string of the molecule is CCNC(=NCCc1coc(-c2ccc(F)cc2)n1)N1CCc2ccccc21. The Morgan fingerprint density at radius 2 is 2.04 bits per heavy atom. The van der Waals surface area contributed by atoms with Crippen LogP contribution in [-0.2, 0) is 12.8 Å². The molecule has 2 heterocycles. The third-order valence-electron chi connectivity index (χ3n) is 4.75. The van der Waals surface area contributed by atoms with Gasteiger partial charge in [0, 0.05) is 37.3 Å². The van der Waals surface area contributed by atoms with Gasteiger partial charge in [-0.2, -0.15) is 0 Å². The van der Waals surface area contributed by atoms with Crippen LogP contribution in [0.3, 0.4) is 0 Å². The molecule has 4 rings (SSSR count). The van der Waals surface area contributed by atoms with Crippen LogP contribution in [0.2, 0.25) is 0 Å². The maximum Gasteiger partial charge on any atom is 0.226 e. The summed E-state index contributed by atoms with van der Waals surface area (Å²) < 4.78 is 18.6. The van der Waals surface area contributed by atoms with E-state index in [2.05, 4.69) is 46.4 Å². The quantitative estimate of drug-likeness (QED) is 0.538. The van der Waals surface area contributed by atoms with E-state index in [4.69, 9.17) is 9.41 Å². The highest BCUT2D eigenvalue weighted by Crippen LogP contribution is 2.27. The minimum Gasteiger partial charge on any atom is -0.444 e. The van der Waals surface area contributed by atoms with Gasteiger partial charge in [0.15, 0.2) is 5.96 Å². The highest BCUT2D eigenvalue weighted by Gasteiger charge is 2.22. The first-order valence-corrected chi connectivity index (χ1v) is 9.58. The Kier molecular flexibility index (Phi) is 5.37. The first-order valence-electron chi connectivity index (χ1n) is 9.58. The number of nitrogens with one attached hydrogen (secondary N) is 1. The molecule has 1 N–H and O–H groups in total. The lowest BCUT2D eigenvalue weighted by Crippen LogP contribution is -2.40. The lowest BCUT2D eigenvalue weighted by molar-refractivity contribution is 0.572. The van der Waals surface area contributed by atoms with Gasteiger partial charge in [0.2, 0.25) is 5.89 Å². The van der Waals surface area contributed by atoms with Crippen LogP contribution in [-0.4, -0.2) is 30.6 Å². The molecular weight excluding hydrogens is 355 g/mol. The Labute approximate surface area is 163 Å². The molecule has 0 amide bonds. The van der Waals surface area contributed by atoms with Crippen molar-refractivity contribution in [2.45, 2.75) is 19.8 Å². The van der Waals surface area contributed by atoms with E-state index in [1.807, 2.05) is 0 Å². The van der Waals surface area contributed by atoms with Crippen molar-refractivity contribution in [2.24, 2.45) is 4.99 Å². The van der Waals surface area contributed by atoms with Gasteiger partial charge in [-0.1, -0.05) is 18.2 Å². The molecule has 0 radical (unpaired) electrons. The van der Waals surface area contributed by atoms with Crippen molar-refractivity contribution < 1.29 is 8.81 Å². The van der Waals surface area contributed by atoms with Crippen LogP contribution in [0.5, 0.6) is 0 Å². The molecule has 28 heavy (non-hydrogen) atoms. The Hall–Kier alpha value is -3.15. The molecule has 2 aromatic carbocycles. The van der Waals surface area contributed by atoms with E-state index >= 15 is 0 Å². The molecule has 0 atom stereocenters. The molecule has 0 spiro atoms. The number of benzene rings is 2. The molecule has 0 fully saturated rings. The number of para-hydroxylation sites is 1. The fraction of sp³-hybridized carbons (Fsp3) is 0.273. The van der Waals surface area contributed by atoms with Crippen molar-refractivity contribution >= 4 is 11.6 Å². The predicted molar refractivity (Wildman–Crippen MR) is 109 cm³/mol. The molecule has 0 saturated carbocycles. The van der Waals surface area contributed by atoms with Gasteiger partial charge in [-0.25, -0.2) is 9.37 Å². The number of guanidine groups is 1. The number of halogens is 1. The zero-order chi connectivity index (χ0) is 19.3. The number of anilines is 1. The second kappa shape index (κ2) is 8.25. The van der Waals surface area contributed by atoms with Gasteiger partial charge < -0.3 is 14.6 Å². The second-order valence-electron chi connectivity index (χ2n) is 6.67. The summed E-state index contributed by atoms with van der Waals surface area (Å²) in [6.07, 6.45) is 3.35. The minimum absolute atomic E-state index is 0.274. The normalized spacial score (nSPS) is 13.6. The van der Waals surface area contributed by atoms with E-state index in [0.717, 1.165) is 36.7 Å². The average molecular weight is 378 g/mol. The highest BCUT2D eigenvalue weighted by atomic mass is 19.1. The summed E-state index contributed by atoms with van der Waals surface area (Å²) in [6, 6.07) is 14.6. The Morgan fingerprint density at radius 1 is 1.21 bits per heavy atom. The van der Waals surface area contributed by atoms with Gasteiger partial charge >= 0.3 is 0 Å². The Bertz CT molecular complexity index is 965. The molecule has 0 aliphatic carbocycles. The fourth-order valence-corrected chi connectivity index (χ4v) is 3.38. The van der Waals surface area contributed by atoms with Crippen LogP contribution >= 0.6 is 0 Å². The van der Waals surface area contributed by atoms with Crippen LogP contribution in [0.25, 0.3) is 11.5 Å². The monoisotopic (exact) mass is 378 g/mol. The second-order valence-corrected chi connectivity index (χ2v) is 6.67. The summed E-state index contributed by atoms with van der Waals surface area (Å²) in [6.45, 7) is 4.43. The maximum atomic E-state index is 13.1. The number of aromatic nitrogens is 1. The van der Waals surface area contributed by atoms with Gasteiger partial charge in [0.1, 0.15) is 12.1 Å². The standard InChI is InChI=1S/C22H23FN4O/c1-2-24-22(27-14-12-16-5-3-4-6-20(16)27)25-13-11-19-15-28-21(26-19)17-7-9-18(23)10-8-17/h3-10,15H,2,11-14H2,1H3,(H,24,25). The summed E-state index contributed by atoms with van der Waals surface area (Å²) in [5, 5.41) is 3.38. The Balaban J connectivity index is 1.43. The Morgan fingerprint density at radius 3 is 2.86 bits per heavy atom. The number of fused-ring (bicyclic) bond motifs is 1. The van der Waals surface area contributed by atoms with Gasteiger partial charge in [-0.15, -0.1) is 0 Å². The summed E-state index contributed by atoms with van der Waals surface area (Å²) in [4.78, 5) is 11.5. The molecule has 144 valence electrons. The fourth-order valence-electron chi connectivity index (χ4n) is 3.38. The lowest BCUT2D eigenvalue weighted by Gasteiger charge is -2.22. The third-order valence-corrected chi connectivity index (χ3v) is 4.75. The number of hydrogen-bond donors (Lipinski definition) is 1. The lowest BCUT2D eigenvalue weighted by atomic mass is 10.2. The van der Waals surface area contributed by atoms with Crippen molar-refractivity contribution in [3.63, 3.8) is 0 Å². The predicted octanol–water partition coefficient (Wildman–Crippen LogP) is 4.05. The highest BCUT2D eigenvalue weighted by molar-refractivity contribution is 5.97. The van der Waals surface area contributed by atoms with E-state index in [-0.39, 0.29) is 5.82 Å². The van der Waals surface area contributed by atoms with Crippen molar-refractivity contribution in [3.05, 3.63) is 71.9 Å². The third kappa shape index (κ3) is 3.91. The van der Waals surface area contributed by atoms with Gasteiger partial charge in [0.25, 0.3) is 0 Å². The molecule has 6 heteroatoms. The largest absolute Gasteiger partial charge is 0.444 e. The first-order chi connectivity index (χ1) is 13.7. The van der Waals surface area contributed by atoms with Gasteiger partial charge in [-0.05, 0) is 49.2 Å². The zero-order valence-corrected chi connectivity index (χ0v) is 15.9. The van der Waals surface area contributed by atoms with Crippen molar-refractivity contribution in [1.82, 2.24) is 10.3 Å². The summed E-state index contributed by atoms with van der Waals surface area (Å²) in [7, 11) is 0. The molecular formula is C22H23FN4O. The zero-order valence-electron chi connectivity index (χ0n) is 15.9. The minimum atomic E-state index is -0.274. The number of rotatable bonds is 5. The van der Waals surface area contributed by atoms with E-state index in [1.54, 1.807) is 18.4 Å². The summed E-state index contributed by atoms with van der Waals surface area (Å²) >= 11 is 0. The van der Waals surface area contributed by atoms with E-state index in [1.165, 1.54) is 23.4 Å². The van der Waals surface area contributed by atoms with Crippen molar-refractivity contribution in [1.29, 1.82) is 0 Å². The number of nitrogens with zero attached hydrogens (tertiary/aromatic N) is 3. The van der Waals surface area contributed by atoms with E-state index in [9.17, 15) is 4.39 Å². The number of hydrogen-bond acceptors (Lipinski definition) is 3. The van der Waals surface area contributed by atoms with Crippen LogP contribution in [0.1, 0.15) is 18.2 Å². The van der Waals surface area contributed by atoms with Gasteiger partial charge in [-0.3, -0.25) is 4.99 Å². The van der Waals surface area contributed by atoms with Gasteiger partial charge in [0.05, 0.1) is 5.69 Å². The smallest absolute Gasteiger partial charge is 0.226 e. The van der Waals surface area contributed by atoms with Crippen LogP contribution < -0.4 is 10.2 Å². The maximum absolute atomic E-state index is 13.1. The van der Waals surface area contributed by atoms with Crippen LogP contribution in [0, 0.1) is 5.82 Å². The molecule has 5 nitrogen and oxygen atoms in total. The van der Waals surface area contributed by atoms with E-state index in [0.29, 0.717) is 18.9 Å². The van der Waals surface area contributed by atoms with Crippen LogP contribution in [0.4, 0.5) is 10.1 Å². The average Bonchev–Trinajstić information content (AvgIpc) is 3.35. The van der Waals surface area contributed by atoms with Crippen molar-refractivity contribution in [2.75, 3.05) is 24.5 Å². The van der Waals surface area contributed by atoms with Crippen molar-refractivity contribution in [3.8, 4) is 11.5 Å². The summed E-state index contributed by atoms with van der Waals surface area (Å²) in [5.41, 5.74) is 4.18. The number of oxazole rings is 1. The molecule has 1 aromatic heterocycles. The summed E-state index contributed by atoms with van der Waals surface area (Å²) in [5.74, 6) is 1.12. The molecule has 1 aliphatic rings.